The third-order valence-corrected chi connectivity index (χ3v) is 7.64. The molecule has 2 N–H and O–H groups in total. The first kappa shape index (κ1) is 25.6. The van der Waals surface area contributed by atoms with E-state index in [-0.39, 0.29) is 29.1 Å². The van der Waals surface area contributed by atoms with Gasteiger partial charge in [0, 0.05) is 30.5 Å². The van der Waals surface area contributed by atoms with E-state index in [2.05, 4.69) is 15.3 Å². The van der Waals surface area contributed by atoms with Crippen LogP contribution in [0.5, 0.6) is 0 Å². The van der Waals surface area contributed by atoms with Gasteiger partial charge in [-0.2, -0.15) is 0 Å². The van der Waals surface area contributed by atoms with Gasteiger partial charge in [-0.3, -0.25) is 19.6 Å². The molecule has 3 heterocycles. The normalized spacial score (nSPS) is 23.2. The van der Waals surface area contributed by atoms with E-state index in [1.807, 2.05) is 0 Å². The quantitative estimate of drug-likeness (QED) is 0.482. The number of anilines is 1. The fourth-order valence-corrected chi connectivity index (χ4v) is 5.49. The maximum absolute atomic E-state index is 14.2. The smallest absolute Gasteiger partial charge is 0.270 e. The second-order valence-corrected chi connectivity index (χ2v) is 10.5. The molecule has 2 amide bonds. The van der Waals surface area contributed by atoms with Gasteiger partial charge in [0.05, 0.1) is 32.7 Å². The van der Waals surface area contributed by atoms with Gasteiger partial charge in [0.15, 0.2) is 0 Å². The van der Waals surface area contributed by atoms with Gasteiger partial charge in [0.1, 0.15) is 5.82 Å². The molecule has 3 aromatic rings. The Morgan fingerprint density at radius 3 is 2.54 bits per heavy atom. The number of fused-ring (bicyclic) bond motifs is 1. The van der Waals surface area contributed by atoms with Crippen LogP contribution >= 0.6 is 23.2 Å². The molecule has 1 aliphatic carbocycles. The van der Waals surface area contributed by atoms with Crippen LogP contribution < -0.4 is 10.2 Å². The molecule has 192 valence electrons. The molecule has 0 bridgehead atoms. The van der Waals surface area contributed by atoms with E-state index in [4.69, 9.17) is 23.2 Å². The Bertz CT molecular complexity index is 1360. The van der Waals surface area contributed by atoms with Gasteiger partial charge >= 0.3 is 0 Å². The van der Waals surface area contributed by atoms with E-state index < -0.39 is 17.3 Å². The van der Waals surface area contributed by atoms with Crippen molar-refractivity contribution in [1.29, 1.82) is 0 Å². The van der Waals surface area contributed by atoms with Gasteiger partial charge in [-0.25, -0.2) is 4.39 Å². The summed E-state index contributed by atoms with van der Waals surface area (Å²) >= 11 is 11.9. The average molecular weight is 543 g/mol. The number of rotatable bonds is 5. The van der Waals surface area contributed by atoms with E-state index in [0.29, 0.717) is 33.5 Å². The first-order valence-electron chi connectivity index (χ1n) is 12.1. The Hall–Kier alpha value is -3.07. The molecule has 7 nitrogen and oxygen atoms in total. The predicted molar refractivity (Wildman–Crippen MR) is 138 cm³/mol. The summed E-state index contributed by atoms with van der Waals surface area (Å²) < 4.78 is 14.2. The number of nitrogens with zero attached hydrogens (tertiary/aromatic N) is 3. The summed E-state index contributed by atoms with van der Waals surface area (Å²) in [5.74, 6) is -1.18. The highest BCUT2D eigenvalue weighted by atomic mass is 35.5. The van der Waals surface area contributed by atoms with Gasteiger partial charge in [0.2, 0.25) is 5.60 Å². The summed E-state index contributed by atoms with van der Waals surface area (Å²) in [5.41, 5.74) is -0.315. The Balaban J connectivity index is 1.29. The number of aryl methyl sites for hydroxylation is 1. The first-order valence-corrected chi connectivity index (χ1v) is 12.8. The monoisotopic (exact) mass is 542 g/mol. The van der Waals surface area contributed by atoms with Crippen LogP contribution in [-0.2, 0) is 10.4 Å². The molecule has 37 heavy (non-hydrogen) atoms. The molecule has 5 rings (SSSR count). The summed E-state index contributed by atoms with van der Waals surface area (Å²) in [6.45, 7) is 2.13. The highest BCUT2D eigenvalue weighted by Crippen LogP contribution is 2.45. The van der Waals surface area contributed by atoms with Gasteiger partial charge in [-0.05, 0) is 74.9 Å². The average Bonchev–Trinajstić information content (AvgIpc) is 3.09. The van der Waals surface area contributed by atoms with Crippen LogP contribution in [0.2, 0.25) is 10.0 Å². The highest BCUT2D eigenvalue weighted by Gasteiger charge is 2.52. The molecule has 1 atom stereocenters. The van der Waals surface area contributed by atoms with Crippen molar-refractivity contribution in [3.05, 3.63) is 87.2 Å². The number of hydrogen-bond acceptors (Lipinski definition) is 5. The van der Waals surface area contributed by atoms with E-state index in [1.165, 1.54) is 47.6 Å². The minimum atomic E-state index is -2.10. The topological polar surface area (TPSA) is 95.4 Å². The van der Waals surface area contributed by atoms with Crippen LogP contribution in [0.1, 0.15) is 53.0 Å². The number of carbonyl (C=O) groups is 2. The minimum absolute atomic E-state index is 0.00649. The fraction of sp³-hybridized carbons (Fsp3) is 0.333. The highest BCUT2D eigenvalue weighted by molar-refractivity contribution is 6.31. The van der Waals surface area contributed by atoms with Crippen molar-refractivity contribution >= 4 is 40.7 Å². The van der Waals surface area contributed by atoms with E-state index in [0.717, 1.165) is 25.7 Å². The number of hydrogen-bond donors (Lipinski definition) is 2. The van der Waals surface area contributed by atoms with Crippen molar-refractivity contribution in [2.45, 2.75) is 44.2 Å². The summed E-state index contributed by atoms with van der Waals surface area (Å²) in [4.78, 5) is 36.2. The minimum Gasteiger partial charge on any atom is -0.370 e. The fourth-order valence-electron chi connectivity index (χ4n) is 5.22. The van der Waals surface area contributed by atoms with Crippen LogP contribution in [-0.4, -0.2) is 39.5 Å². The number of pyridine rings is 2. The third-order valence-electron chi connectivity index (χ3n) is 7.21. The number of aliphatic hydroxyl groups is 1. The van der Waals surface area contributed by atoms with Crippen molar-refractivity contribution in [2.24, 2.45) is 5.92 Å². The largest absolute Gasteiger partial charge is 0.370 e. The number of halogens is 3. The molecule has 2 aliphatic rings. The SMILES string of the molecule is Cc1ncc(Cl)cc1C(=O)N[C@H]1CC[C@H](CN2C(=O)C(O)(c3ccc(Cl)cn3)c3cc(F)ccc32)CC1. The molecule has 1 aliphatic heterocycles. The van der Waals surface area contributed by atoms with Crippen LogP contribution in [0.15, 0.2) is 48.8 Å². The Morgan fingerprint density at radius 1 is 1.11 bits per heavy atom. The lowest BCUT2D eigenvalue weighted by molar-refractivity contribution is -0.132. The van der Waals surface area contributed by atoms with Crippen molar-refractivity contribution in [1.82, 2.24) is 15.3 Å². The lowest BCUT2D eigenvalue weighted by Gasteiger charge is -2.32. The summed E-state index contributed by atoms with van der Waals surface area (Å²) in [5, 5.41) is 15.4. The van der Waals surface area contributed by atoms with Crippen LogP contribution in [0.3, 0.4) is 0 Å². The van der Waals surface area contributed by atoms with Crippen molar-refractivity contribution in [3.63, 3.8) is 0 Å². The molecule has 0 saturated heterocycles. The zero-order chi connectivity index (χ0) is 26.3. The number of benzene rings is 1. The molecule has 2 aromatic heterocycles. The van der Waals surface area contributed by atoms with Crippen LogP contribution in [0.25, 0.3) is 0 Å². The van der Waals surface area contributed by atoms with Crippen molar-refractivity contribution < 1.29 is 19.1 Å². The van der Waals surface area contributed by atoms with Crippen LogP contribution in [0.4, 0.5) is 10.1 Å². The standard InChI is InChI=1S/C27H25Cl2FN4O3/c1-15-21(10-18(29)13-31-15)25(35)33-20-6-2-16(3-7-20)14-34-23-8-5-19(30)11-22(23)27(37,26(34)36)24-9-4-17(28)12-32-24/h4-5,8-13,16,20,37H,2-3,6-7,14H2,1H3,(H,33,35)/t16-,20-,27?. The molecular formula is C27H25Cl2FN4O3. The summed E-state index contributed by atoms with van der Waals surface area (Å²) in [7, 11) is 0. The maximum atomic E-state index is 14.2. The van der Waals surface area contributed by atoms with E-state index in [1.54, 1.807) is 13.0 Å². The Kier molecular flexibility index (Phi) is 6.91. The third kappa shape index (κ3) is 4.81. The van der Waals surface area contributed by atoms with Gasteiger partial charge < -0.3 is 15.3 Å². The van der Waals surface area contributed by atoms with Crippen molar-refractivity contribution in [3.8, 4) is 0 Å². The van der Waals surface area contributed by atoms with Gasteiger partial charge in [0.25, 0.3) is 11.8 Å². The molecule has 1 fully saturated rings. The lowest BCUT2D eigenvalue weighted by Crippen LogP contribution is -2.45. The first-order chi connectivity index (χ1) is 17.7. The molecular weight excluding hydrogens is 518 g/mol. The molecule has 0 radical (unpaired) electrons. The Morgan fingerprint density at radius 2 is 1.84 bits per heavy atom. The predicted octanol–water partition coefficient (Wildman–Crippen LogP) is 4.80. The second-order valence-electron chi connectivity index (χ2n) is 9.63. The van der Waals surface area contributed by atoms with Gasteiger partial charge in [-0.1, -0.05) is 23.2 Å². The molecule has 1 aromatic carbocycles. The van der Waals surface area contributed by atoms with Crippen LogP contribution in [0, 0.1) is 18.7 Å². The van der Waals surface area contributed by atoms with E-state index >= 15 is 0 Å². The van der Waals surface area contributed by atoms with Gasteiger partial charge in [-0.15, -0.1) is 0 Å². The maximum Gasteiger partial charge on any atom is 0.270 e. The summed E-state index contributed by atoms with van der Waals surface area (Å²) in [6.07, 6.45) is 5.89. The molecule has 1 unspecified atom stereocenters. The van der Waals surface area contributed by atoms with E-state index in [9.17, 15) is 19.1 Å². The zero-order valence-electron chi connectivity index (χ0n) is 20.0. The second kappa shape index (κ2) is 10.0. The number of carbonyl (C=O) groups excluding carboxylic acids is 2. The number of nitrogens with one attached hydrogen (secondary N) is 1. The number of aromatic nitrogens is 2. The zero-order valence-corrected chi connectivity index (χ0v) is 21.6. The Labute approximate surface area is 223 Å². The molecule has 1 saturated carbocycles. The number of amides is 2. The molecule has 0 spiro atoms. The lowest BCUT2D eigenvalue weighted by atomic mass is 9.85. The molecule has 10 heteroatoms. The summed E-state index contributed by atoms with van der Waals surface area (Å²) in [6, 6.07) is 8.59. The van der Waals surface area contributed by atoms with Crippen molar-refractivity contribution in [2.75, 3.05) is 11.4 Å².